The number of fused-ring (bicyclic) bond motifs is 1. The van der Waals surface area contributed by atoms with E-state index < -0.39 is 0 Å². The van der Waals surface area contributed by atoms with Gasteiger partial charge in [-0.3, -0.25) is 9.79 Å². The Hall–Kier alpha value is -1.64. The molecular weight excluding hydrogens is 212 g/mol. The highest BCUT2D eigenvalue weighted by Gasteiger charge is 2.23. The number of anilines is 1. The first-order valence-electron chi connectivity index (χ1n) is 6.02. The zero-order valence-corrected chi connectivity index (χ0v) is 10.5. The van der Waals surface area contributed by atoms with E-state index in [4.69, 9.17) is 0 Å². The van der Waals surface area contributed by atoms with Gasteiger partial charge in [-0.1, -0.05) is 32.0 Å². The third-order valence-electron chi connectivity index (χ3n) is 2.92. The largest absolute Gasteiger partial charge is 0.324 e. The first-order chi connectivity index (χ1) is 8.08. The van der Waals surface area contributed by atoms with Gasteiger partial charge in [0.25, 0.3) is 0 Å². The number of benzene rings is 1. The summed E-state index contributed by atoms with van der Waals surface area (Å²) < 4.78 is 0. The molecule has 3 heteroatoms. The fraction of sp³-hybridized carbons (Fsp3) is 0.429. The van der Waals surface area contributed by atoms with E-state index in [9.17, 15) is 4.79 Å². The molecule has 3 nitrogen and oxygen atoms in total. The fourth-order valence-corrected chi connectivity index (χ4v) is 2.09. The number of carbonyl (C=O) groups is 1. The monoisotopic (exact) mass is 230 g/mol. The molecule has 0 bridgehead atoms. The molecule has 1 unspecified atom stereocenters. The maximum absolute atomic E-state index is 12.0. The van der Waals surface area contributed by atoms with Gasteiger partial charge in [-0.25, -0.2) is 0 Å². The van der Waals surface area contributed by atoms with Crippen molar-refractivity contribution in [3.8, 4) is 0 Å². The molecule has 90 valence electrons. The lowest BCUT2D eigenvalue weighted by Gasteiger charge is -2.12. The number of para-hydroxylation sites is 1. The van der Waals surface area contributed by atoms with Crippen molar-refractivity contribution in [2.45, 2.75) is 33.2 Å². The molecule has 1 N–H and O–H groups in total. The van der Waals surface area contributed by atoms with Crippen LogP contribution in [-0.2, 0) is 4.79 Å². The molecule has 0 saturated carbocycles. The maximum atomic E-state index is 12.0. The molecule has 0 aromatic heterocycles. The molecule has 1 heterocycles. The summed E-state index contributed by atoms with van der Waals surface area (Å²) in [6.45, 7) is 6.18. The third kappa shape index (κ3) is 2.54. The van der Waals surface area contributed by atoms with Gasteiger partial charge in [0.2, 0.25) is 5.91 Å². The Labute approximate surface area is 102 Å². The van der Waals surface area contributed by atoms with Gasteiger partial charge in [-0.05, 0) is 25.3 Å². The van der Waals surface area contributed by atoms with Crippen molar-refractivity contribution in [1.29, 1.82) is 0 Å². The van der Waals surface area contributed by atoms with Crippen molar-refractivity contribution in [2.75, 3.05) is 5.32 Å². The predicted molar refractivity (Wildman–Crippen MR) is 70.5 cm³/mol. The summed E-state index contributed by atoms with van der Waals surface area (Å²) in [4.78, 5) is 16.6. The summed E-state index contributed by atoms with van der Waals surface area (Å²) in [6, 6.07) is 7.54. The van der Waals surface area contributed by atoms with Crippen LogP contribution in [-0.4, -0.2) is 17.7 Å². The maximum Gasteiger partial charge on any atom is 0.249 e. The first kappa shape index (κ1) is 11.8. The van der Waals surface area contributed by atoms with E-state index >= 15 is 0 Å². The molecule has 1 amide bonds. The molecule has 17 heavy (non-hydrogen) atoms. The summed E-state index contributed by atoms with van der Waals surface area (Å²) in [7, 11) is 0. The molecular formula is C14H18N2O. The Balaban J connectivity index is 2.36. The smallest absolute Gasteiger partial charge is 0.249 e. The van der Waals surface area contributed by atoms with Gasteiger partial charge >= 0.3 is 0 Å². The van der Waals surface area contributed by atoms with Crippen LogP contribution in [0.3, 0.4) is 0 Å². The lowest BCUT2D eigenvalue weighted by Crippen LogP contribution is -2.26. The lowest BCUT2D eigenvalue weighted by molar-refractivity contribution is -0.117. The van der Waals surface area contributed by atoms with Crippen molar-refractivity contribution < 1.29 is 4.79 Å². The summed E-state index contributed by atoms with van der Waals surface area (Å²) in [5.41, 5.74) is 2.82. The van der Waals surface area contributed by atoms with Crippen LogP contribution in [0.5, 0.6) is 0 Å². The minimum absolute atomic E-state index is 0.00278. The van der Waals surface area contributed by atoms with E-state index in [1.54, 1.807) is 0 Å². The van der Waals surface area contributed by atoms with Crippen LogP contribution in [0.4, 0.5) is 5.69 Å². The fourth-order valence-electron chi connectivity index (χ4n) is 2.09. The van der Waals surface area contributed by atoms with Crippen molar-refractivity contribution in [1.82, 2.24) is 0 Å². The van der Waals surface area contributed by atoms with E-state index in [0.717, 1.165) is 23.4 Å². The zero-order chi connectivity index (χ0) is 12.4. The second-order valence-electron chi connectivity index (χ2n) is 4.89. The average Bonchev–Trinajstić information content (AvgIpc) is 2.38. The van der Waals surface area contributed by atoms with Crippen LogP contribution >= 0.6 is 0 Å². The van der Waals surface area contributed by atoms with Crippen LogP contribution in [0.1, 0.15) is 32.8 Å². The molecule has 1 aromatic carbocycles. The Morgan fingerprint density at radius 1 is 1.35 bits per heavy atom. The second-order valence-corrected chi connectivity index (χ2v) is 4.89. The number of nitrogens with zero attached hydrogens (tertiary/aromatic N) is 1. The topological polar surface area (TPSA) is 41.5 Å². The van der Waals surface area contributed by atoms with Gasteiger partial charge in [0.15, 0.2) is 0 Å². The molecule has 1 aliphatic heterocycles. The standard InChI is InChI=1S/C14H18N2O/c1-9(2)8-13-14(17)16-12-7-5-4-6-11(12)10(3)15-13/h4-7,9,13H,8H2,1-3H3,(H,16,17). The van der Waals surface area contributed by atoms with E-state index in [0.29, 0.717) is 5.92 Å². The number of carbonyl (C=O) groups excluding carboxylic acids is 1. The van der Waals surface area contributed by atoms with E-state index in [1.165, 1.54) is 0 Å². The third-order valence-corrected chi connectivity index (χ3v) is 2.92. The van der Waals surface area contributed by atoms with Crippen LogP contribution in [0, 0.1) is 5.92 Å². The highest BCUT2D eigenvalue weighted by molar-refractivity contribution is 6.10. The zero-order valence-electron chi connectivity index (χ0n) is 10.5. The van der Waals surface area contributed by atoms with E-state index in [-0.39, 0.29) is 11.9 Å². The molecule has 1 aliphatic rings. The van der Waals surface area contributed by atoms with Gasteiger partial charge in [0.1, 0.15) is 6.04 Å². The van der Waals surface area contributed by atoms with Gasteiger partial charge in [0, 0.05) is 17.0 Å². The quantitative estimate of drug-likeness (QED) is 0.834. The van der Waals surface area contributed by atoms with Crippen LogP contribution in [0.2, 0.25) is 0 Å². The molecule has 0 saturated heterocycles. The Kier molecular flexibility index (Phi) is 3.27. The summed E-state index contributed by atoms with van der Waals surface area (Å²) in [5.74, 6) is 0.464. The second kappa shape index (κ2) is 4.70. The van der Waals surface area contributed by atoms with Gasteiger partial charge in [0.05, 0.1) is 0 Å². The molecule has 0 aliphatic carbocycles. The van der Waals surface area contributed by atoms with E-state index in [2.05, 4.69) is 24.2 Å². The van der Waals surface area contributed by atoms with Crippen LogP contribution in [0.25, 0.3) is 0 Å². The minimum Gasteiger partial charge on any atom is -0.324 e. The normalized spacial score (nSPS) is 19.4. The van der Waals surface area contributed by atoms with Crippen molar-refractivity contribution in [3.63, 3.8) is 0 Å². The number of amides is 1. The number of hydrogen-bond donors (Lipinski definition) is 1. The Bertz CT molecular complexity index is 463. The van der Waals surface area contributed by atoms with Gasteiger partial charge in [-0.2, -0.15) is 0 Å². The number of benzodiazepines with no additional fused rings is 1. The summed E-state index contributed by atoms with van der Waals surface area (Å²) in [5, 5.41) is 2.95. The SMILES string of the molecule is CC1=NC(CC(C)C)C(=O)Nc2ccccc21. The van der Waals surface area contributed by atoms with E-state index in [1.807, 2.05) is 31.2 Å². The molecule has 1 aromatic rings. The molecule has 2 rings (SSSR count). The van der Waals surface area contributed by atoms with Crippen molar-refractivity contribution in [2.24, 2.45) is 10.9 Å². The van der Waals surface area contributed by atoms with Crippen molar-refractivity contribution in [3.05, 3.63) is 29.8 Å². The first-order valence-corrected chi connectivity index (χ1v) is 6.02. The summed E-state index contributed by atoms with van der Waals surface area (Å²) in [6.07, 6.45) is 0.789. The number of rotatable bonds is 2. The average molecular weight is 230 g/mol. The number of nitrogens with one attached hydrogen (secondary N) is 1. The Morgan fingerprint density at radius 3 is 2.76 bits per heavy atom. The molecule has 1 atom stereocenters. The lowest BCUT2D eigenvalue weighted by atomic mass is 10.0. The highest BCUT2D eigenvalue weighted by Crippen LogP contribution is 2.22. The molecule has 0 radical (unpaired) electrons. The van der Waals surface area contributed by atoms with Crippen LogP contribution in [0.15, 0.2) is 29.3 Å². The van der Waals surface area contributed by atoms with Crippen molar-refractivity contribution >= 4 is 17.3 Å². The Morgan fingerprint density at radius 2 is 2.06 bits per heavy atom. The number of hydrogen-bond acceptors (Lipinski definition) is 2. The molecule has 0 fully saturated rings. The predicted octanol–water partition coefficient (Wildman–Crippen LogP) is 2.86. The van der Waals surface area contributed by atoms with Gasteiger partial charge in [-0.15, -0.1) is 0 Å². The minimum atomic E-state index is -0.262. The molecule has 0 spiro atoms. The summed E-state index contributed by atoms with van der Waals surface area (Å²) >= 11 is 0. The van der Waals surface area contributed by atoms with Crippen LogP contribution < -0.4 is 5.32 Å². The number of aliphatic imine (C=N–C) groups is 1. The highest BCUT2D eigenvalue weighted by atomic mass is 16.2. The van der Waals surface area contributed by atoms with Gasteiger partial charge < -0.3 is 5.32 Å².